The smallest absolute Gasteiger partial charge is 0.161 e. The number of thioether (sulfide) groups is 1. The van der Waals surface area contributed by atoms with Crippen LogP contribution >= 0.6 is 23.4 Å². The summed E-state index contributed by atoms with van der Waals surface area (Å²) in [7, 11) is 0. The Morgan fingerprint density at radius 1 is 1.50 bits per heavy atom. The van der Waals surface area contributed by atoms with E-state index < -0.39 is 0 Å². The minimum Gasteiger partial charge on any atom is -0.335 e. The molecule has 4 heteroatoms. The first-order valence-electron chi connectivity index (χ1n) is 5.39. The number of halogens is 1. The number of hydrogen-bond acceptors (Lipinski definition) is 3. The first-order valence-corrected chi connectivity index (χ1v) is 6.64. The van der Waals surface area contributed by atoms with E-state index in [-0.39, 0.29) is 0 Å². The third kappa shape index (κ3) is 2.92. The molecule has 0 radical (unpaired) electrons. The molecule has 0 saturated carbocycles. The second-order valence-electron chi connectivity index (χ2n) is 4.18. The molecule has 1 atom stereocenters. The van der Waals surface area contributed by atoms with Gasteiger partial charge in [-0.2, -0.15) is 0 Å². The van der Waals surface area contributed by atoms with Crippen LogP contribution in [0.3, 0.4) is 0 Å². The van der Waals surface area contributed by atoms with Gasteiger partial charge >= 0.3 is 0 Å². The van der Waals surface area contributed by atoms with Gasteiger partial charge in [-0.1, -0.05) is 43.3 Å². The lowest BCUT2D eigenvalue weighted by Gasteiger charge is -2.12. The topological polar surface area (TPSA) is 24.4 Å². The maximum Gasteiger partial charge on any atom is 0.161 e. The van der Waals surface area contributed by atoms with E-state index in [9.17, 15) is 0 Å². The van der Waals surface area contributed by atoms with E-state index in [1.165, 1.54) is 0 Å². The Kier molecular flexibility index (Phi) is 3.77. The molecule has 0 bridgehead atoms. The molecule has 1 aliphatic heterocycles. The zero-order valence-corrected chi connectivity index (χ0v) is 11.0. The van der Waals surface area contributed by atoms with Gasteiger partial charge in [0.05, 0.1) is 6.54 Å². The van der Waals surface area contributed by atoms with Crippen LogP contribution in [0.15, 0.2) is 29.3 Å². The molecule has 0 spiro atoms. The summed E-state index contributed by atoms with van der Waals surface area (Å²) in [5, 5.41) is 5.64. The van der Waals surface area contributed by atoms with E-state index in [1.54, 1.807) is 0 Å². The predicted molar refractivity (Wildman–Crippen MR) is 73.6 cm³/mol. The highest BCUT2D eigenvalue weighted by atomic mass is 35.5. The molecule has 0 saturated heterocycles. The lowest BCUT2D eigenvalue weighted by atomic mass is 10.1. The summed E-state index contributed by atoms with van der Waals surface area (Å²) in [5.74, 6) is 0.660. The molecule has 1 aromatic carbocycles. The number of rotatable bonds is 2. The predicted octanol–water partition coefficient (Wildman–Crippen LogP) is 3.88. The van der Waals surface area contributed by atoms with Gasteiger partial charge in [-0.05, 0) is 24.1 Å². The molecular weight excluding hydrogens is 240 g/mol. The Hall–Kier alpha value is -0.670. The lowest BCUT2D eigenvalue weighted by Crippen LogP contribution is -2.13. The molecule has 2 rings (SSSR count). The summed E-state index contributed by atoms with van der Waals surface area (Å²) in [4.78, 5) is 4.49. The van der Waals surface area contributed by atoms with Gasteiger partial charge in [0, 0.05) is 16.0 Å². The third-order valence-corrected chi connectivity index (χ3v) is 4.18. The lowest BCUT2D eigenvalue weighted by molar-refractivity contribution is 0.621. The number of nitrogens with one attached hydrogen (secondary N) is 1. The fraction of sp³-hybridized carbons (Fsp3) is 0.417. The molecule has 1 heterocycles. The van der Waals surface area contributed by atoms with Crippen molar-refractivity contribution in [1.82, 2.24) is 0 Å². The van der Waals surface area contributed by atoms with Crippen molar-refractivity contribution in [2.24, 2.45) is 10.9 Å². The molecule has 0 aliphatic carbocycles. The number of aliphatic imine (C=N–C) groups is 1. The zero-order chi connectivity index (χ0) is 11.5. The summed E-state index contributed by atoms with van der Waals surface area (Å²) in [6.07, 6.45) is 0. The average Bonchev–Trinajstić information content (AvgIpc) is 2.66. The number of hydrogen-bond donors (Lipinski definition) is 1. The molecular formula is C12H15ClN2S. The molecule has 16 heavy (non-hydrogen) atoms. The fourth-order valence-corrected chi connectivity index (χ4v) is 2.72. The first kappa shape index (κ1) is 11.8. The molecule has 0 aromatic heterocycles. The van der Waals surface area contributed by atoms with Crippen molar-refractivity contribution >= 4 is 34.2 Å². The van der Waals surface area contributed by atoms with Crippen LogP contribution in [0.25, 0.3) is 0 Å². The molecule has 1 aromatic rings. The monoisotopic (exact) mass is 254 g/mol. The molecule has 2 nitrogen and oxygen atoms in total. The summed E-state index contributed by atoms with van der Waals surface area (Å²) in [6.45, 7) is 5.37. The summed E-state index contributed by atoms with van der Waals surface area (Å²) in [5.41, 5.74) is 1.00. The van der Waals surface area contributed by atoms with E-state index in [2.05, 4.69) is 24.2 Å². The van der Waals surface area contributed by atoms with E-state index >= 15 is 0 Å². The largest absolute Gasteiger partial charge is 0.335 e. The van der Waals surface area contributed by atoms with Gasteiger partial charge < -0.3 is 5.32 Å². The SMILES string of the molecule is CC(C)C1CN=C(Nc2cccc(Cl)c2)S1. The van der Waals surface area contributed by atoms with Crippen LogP contribution in [0.4, 0.5) is 5.69 Å². The van der Waals surface area contributed by atoms with Gasteiger partial charge in [-0.15, -0.1) is 0 Å². The van der Waals surface area contributed by atoms with Crippen LogP contribution in [0.5, 0.6) is 0 Å². The minimum atomic E-state index is 0.599. The van der Waals surface area contributed by atoms with Crippen molar-refractivity contribution in [2.45, 2.75) is 19.1 Å². The molecule has 0 amide bonds. The number of nitrogens with zero attached hydrogens (tertiary/aromatic N) is 1. The van der Waals surface area contributed by atoms with E-state index in [1.807, 2.05) is 36.0 Å². The maximum atomic E-state index is 5.92. The maximum absolute atomic E-state index is 5.92. The molecule has 1 unspecified atom stereocenters. The fourth-order valence-electron chi connectivity index (χ4n) is 1.50. The Morgan fingerprint density at radius 2 is 2.31 bits per heavy atom. The van der Waals surface area contributed by atoms with Crippen molar-refractivity contribution in [1.29, 1.82) is 0 Å². The van der Waals surface area contributed by atoms with Crippen LogP contribution < -0.4 is 5.32 Å². The van der Waals surface area contributed by atoms with Crippen molar-refractivity contribution in [3.63, 3.8) is 0 Å². The quantitative estimate of drug-likeness (QED) is 0.866. The van der Waals surface area contributed by atoms with Gasteiger partial charge in [0.25, 0.3) is 0 Å². The standard InChI is InChI=1S/C12H15ClN2S/c1-8(2)11-7-14-12(16-11)15-10-5-3-4-9(13)6-10/h3-6,8,11H,7H2,1-2H3,(H,14,15). The summed E-state index contributed by atoms with van der Waals surface area (Å²) in [6, 6.07) is 7.71. The normalized spacial score (nSPS) is 20.0. The Bertz CT molecular complexity index is 404. The third-order valence-electron chi connectivity index (χ3n) is 2.50. The van der Waals surface area contributed by atoms with Crippen LogP contribution in [0.1, 0.15) is 13.8 Å². The van der Waals surface area contributed by atoms with Crippen LogP contribution in [0, 0.1) is 5.92 Å². The molecule has 86 valence electrons. The van der Waals surface area contributed by atoms with E-state index in [0.29, 0.717) is 11.2 Å². The highest BCUT2D eigenvalue weighted by molar-refractivity contribution is 8.15. The Balaban J connectivity index is 1.97. The number of amidine groups is 1. The van der Waals surface area contributed by atoms with Gasteiger partial charge in [0.15, 0.2) is 5.17 Å². The minimum absolute atomic E-state index is 0.599. The highest BCUT2D eigenvalue weighted by Crippen LogP contribution is 2.28. The van der Waals surface area contributed by atoms with Crippen molar-refractivity contribution in [3.8, 4) is 0 Å². The van der Waals surface area contributed by atoms with Crippen LogP contribution in [-0.2, 0) is 0 Å². The summed E-state index contributed by atoms with van der Waals surface area (Å²) >= 11 is 7.74. The highest BCUT2D eigenvalue weighted by Gasteiger charge is 2.22. The van der Waals surface area contributed by atoms with Gasteiger partial charge in [0.1, 0.15) is 0 Å². The van der Waals surface area contributed by atoms with Crippen molar-refractivity contribution < 1.29 is 0 Å². The zero-order valence-electron chi connectivity index (χ0n) is 9.40. The summed E-state index contributed by atoms with van der Waals surface area (Å²) < 4.78 is 0. The van der Waals surface area contributed by atoms with Gasteiger partial charge in [-0.3, -0.25) is 4.99 Å². The number of benzene rings is 1. The second-order valence-corrected chi connectivity index (χ2v) is 5.85. The van der Waals surface area contributed by atoms with E-state index in [0.717, 1.165) is 22.4 Å². The first-order chi connectivity index (χ1) is 7.65. The second kappa shape index (κ2) is 5.11. The number of anilines is 1. The molecule has 1 N–H and O–H groups in total. The van der Waals surface area contributed by atoms with E-state index in [4.69, 9.17) is 11.6 Å². The molecule has 0 fully saturated rings. The van der Waals surface area contributed by atoms with Gasteiger partial charge in [-0.25, -0.2) is 0 Å². The van der Waals surface area contributed by atoms with Crippen molar-refractivity contribution in [3.05, 3.63) is 29.3 Å². The average molecular weight is 255 g/mol. The van der Waals surface area contributed by atoms with Crippen LogP contribution in [-0.4, -0.2) is 17.0 Å². The van der Waals surface area contributed by atoms with Gasteiger partial charge in [0.2, 0.25) is 0 Å². The Morgan fingerprint density at radius 3 is 2.94 bits per heavy atom. The van der Waals surface area contributed by atoms with Crippen molar-refractivity contribution in [2.75, 3.05) is 11.9 Å². The van der Waals surface area contributed by atoms with Crippen LogP contribution in [0.2, 0.25) is 5.02 Å². The molecule has 1 aliphatic rings. The Labute approximate surface area is 105 Å².